The smallest absolute Gasteiger partial charge is 0.326 e. The molecule has 2 aromatic rings. The summed E-state index contributed by atoms with van der Waals surface area (Å²) in [6.45, 7) is 2.95. The van der Waals surface area contributed by atoms with Gasteiger partial charge in [0.2, 0.25) is 17.7 Å². The molecule has 0 saturated heterocycles. The van der Waals surface area contributed by atoms with Crippen LogP contribution in [0, 0.1) is 5.92 Å². The van der Waals surface area contributed by atoms with Gasteiger partial charge < -0.3 is 36.9 Å². The van der Waals surface area contributed by atoms with Crippen LogP contribution in [0.2, 0.25) is 0 Å². The Kier molecular flexibility index (Phi) is 9.76. The van der Waals surface area contributed by atoms with Gasteiger partial charge in [0.05, 0.1) is 19.0 Å². The third-order valence-electron chi connectivity index (χ3n) is 5.68. The normalized spacial score (nSPS) is 14.4. The van der Waals surface area contributed by atoms with Crippen molar-refractivity contribution in [3.63, 3.8) is 0 Å². The highest BCUT2D eigenvalue weighted by Gasteiger charge is 2.30. The van der Waals surface area contributed by atoms with Crippen molar-refractivity contribution >= 4 is 40.6 Å². The number of nitrogens with two attached hydrogens (primary N) is 1. The van der Waals surface area contributed by atoms with E-state index in [-0.39, 0.29) is 12.3 Å². The van der Waals surface area contributed by atoms with Crippen molar-refractivity contribution in [1.82, 2.24) is 20.9 Å². The second-order valence-corrected chi connectivity index (χ2v) is 8.32. The molecule has 1 heterocycles. The van der Waals surface area contributed by atoms with Gasteiger partial charge in [-0.25, -0.2) is 4.79 Å². The largest absolute Gasteiger partial charge is 0.481 e. The lowest BCUT2D eigenvalue weighted by Crippen LogP contribution is -2.55. The molecule has 0 spiro atoms. The molecule has 2 rings (SSSR count). The number of hydrogen-bond acceptors (Lipinski definition) is 6. The topological polar surface area (TPSA) is 204 Å². The van der Waals surface area contributed by atoms with Crippen LogP contribution in [-0.2, 0) is 30.4 Å². The summed E-state index contributed by atoms with van der Waals surface area (Å²) in [4.78, 5) is 63.0. The summed E-state index contributed by atoms with van der Waals surface area (Å²) in [7, 11) is 0. The fourth-order valence-electron chi connectivity index (χ4n) is 3.49. The molecule has 0 aliphatic heterocycles. The van der Waals surface area contributed by atoms with E-state index in [9.17, 15) is 29.1 Å². The van der Waals surface area contributed by atoms with Crippen LogP contribution in [0.5, 0.6) is 0 Å². The first kappa shape index (κ1) is 27.3. The zero-order valence-electron chi connectivity index (χ0n) is 19.5. The average Bonchev–Trinajstić information content (AvgIpc) is 3.22. The fraction of sp³-hybridized carbons (Fsp3) is 0.435. The summed E-state index contributed by atoms with van der Waals surface area (Å²) in [6.07, 6.45) is 1.67. The first-order valence-electron chi connectivity index (χ1n) is 11.2. The van der Waals surface area contributed by atoms with Gasteiger partial charge in [-0.05, 0) is 17.5 Å². The number of nitrogens with one attached hydrogen (secondary N) is 4. The highest BCUT2D eigenvalue weighted by molar-refractivity contribution is 5.94. The molecule has 35 heavy (non-hydrogen) atoms. The van der Waals surface area contributed by atoms with Crippen LogP contribution in [0.15, 0.2) is 30.5 Å². The van der Waals surface area contributed by atoms with Crippen LogP contribution < -0.4 is 21.7 Å². The number of rotatable bonds is 13. The Morgan fingerprint density at radius 2 is 1.74 bits per heavy atom. The van der Waals surface area contributed by atoms with Gasteiger partial charge in [0.25, 0.3) is 0 Å². The summed E-state index contributed by atoms with van der Waals surface area (Å²) in [5, 5.41) is 26.4. The summed E-state index contributed by atoms with van der Waals surface area (Å²) in [5.41, 5.74) is 7.03. The maximum absolute atomic E-state index is 13.1. The SMILES string of the molecule is CCC(C)C(NC(=O)C(Cc1c[nH]c2ccccc12)NC(=O)CNC(=O)C(N)CC(=O)O)C(=O)O. The van der Waals surface area contributed by atoms with Gasteiger partial charge in [0.1, 0.15) is 12.1 Å². The Bertz CT molecular complexity index is 1080. The lowest BCUT2D eigenvalue weighted by atomic mass is 9.98. The molecule has 1 aromatic heterocycles. The maximum atomic E-state index is 13.1. The number of aromatic nitrogens is 1. The Labute approximate surface area is 201 Å². The van der Waals surface area contributed by atoms with Crippen molar-refractivity contribution in [3.05, 3.63) is 36.0 Å². The van der Waals surface area contributed by atoms with Crippen molar-refractivity contribution in [3.8, 4) is 0 Å². The van der Waals surface area contributed by atoms with Crippen LogP contribution in [0.25, 0.3) is 10.9 Å². The third-order valence-corrected chi connectivity index (χ3v) is 5.68. The number of H-pyrrole nitrogens is 1. The molecule has 1 aromatic carbocycles. The van der Waals surface area contributed by atoms with Crippen LogP contribution in [0.1, 0.15) is 32.3 Å². The Balaban J connectivity index is 2.17. The van der Waals surface area contributed by atoms with Crippen LogP contribution in [0.4, 0.5) is 0 Å². The van der Waals surface area contributed by atoms with Gasteiger partial charge in [0.15, 0.2) is 0 Å². The lowest BCUT2D eigenvalue weighted by molar-refractivity contribution is -0.143. The summed E-state index contributed by atoms with van der Waals surface area (Å²) in [5.74, 6) is -5.05. The van der Waals surface area contributed by atoms with E-state index in [4.69, 9.17) is 10.8 Å². The highest BCUT2D eigenvalue weighted by atomic mass is 16.4. The van der Waals surface area contributed by atoms with E-state index in [1.54, 1.807) is 20.0 Å². The molecule has 190 valence electrons. The van der Waals surface area contributed by atoms with Crippen molar-refractivity contribution in [2.75, 3.05) is 6.54 Å². The molecule has 12 heteroatoms. The van der Waals surface area contributed by atoms with Crippen molar-refractivity contribution in [2.45, 2.75) is 51.2 Å². The molecule has 3 amide bonds. The van der Waals surface area contributed by atoms with E-state index in [0.717, 1.165) is 16.5 Å². The number of carboxylic acid groups (broad SMARTS) is 2. The van der Waals surface area contributed by atoms with Gasteiger partial charge in [-0.1, -0.05) is 38.5 Å². The van der Waals surface area contributed by atoms with Gasteiger partial charge in [-0.2, -0.15) is 0 Å². The van der Waals surface area contributed by atoms with E-state index in [0.29, 0.717) is 6.42 Å². The monoisotopic (exact) mass is 489 g/mol. The Hall–Kier alpha value is -3.93. The maximum Gasteiger partial charge on any atom is 0.326 e. The van der Waals surface area contributed by atoms with Crippen molar-refractivity contribution in [2.24, 2.45) is 11.7 Å². The minimum atomic E-state index is -1.34. The molecule has 0 saturated carbocycles. The number of carboxylic acids is 2. The molecule has 8 N–H and O–H groups in total. The third kappa shape index (κ3) is 7.81. The van der Waals surface area contributed by atoms with E-state index in [2.05, 4.69) is 20.9 Å². The number of carbonyl (C=O) groups excluding carboxylic acids is 3. The highest BCUT2D eigenvalue weighted by Crippen LogP contribution is 2.19. The number of carbonyl (C=O) groups is 5. The molecule has 4 atom stereocenters. The molecule has 0 fully saturated rings. The second kappa shape index (κ2) is 12.5. The standard InChI is InChI=1S/C23H31N5O7/c1-3-12(2)20(23(34)35)28-22(33)17(8-13-10-25-16-7-5-4-6-14(13)16)27-18(29)11-26-21(32)15(24)9-19(30)31/h4-7,10,12,15,17,20,25H,3,8-9,11,24H2,1-2H3,(H,26,32)(H,27,29)(H,28,33)(H,30,31)(H,34,35). The number of aliphatic carboxylic acids is 2. The number of aromatic amines is 1. The van der Waals surface area contributed by atoms with Crippen LogP contribution in [-0.4, -0.2) is 69.5 Å². The minimum absolute atomic E-state index is 0.0565. The van der Waals surface area contributed by atoms with E-state index in [1.165, 1.54) is 0 Å². The van der Waals surface area contributed by atoms with Crippen LogP contribution >= 0.6 is 0 Å². The predicted molar refractivity (Wildman–Crippen MR) is 126 cm³/mol. The Morgan fingerprint density at radius 3 is 2.37 bits per heavy atom. The number of amides is 3. The molecule has 0 aliphatic carbocycles. The molecule has 0 bridgehead atoms. The summed E-state index contributed by atoms with van der Waals surface area (Å²) < 4.78 is 0. The number of fused-ring (bicyclic) bond motifs is 1. The average molecular weight is 490 g/mol. The van der Waals surface area contributed by atoms with E-state index < -0.39 is 60.8 Å². The lowest BCUT2D eigenvalue weighted by Gasteiger charge is -2.24. The number of hydrogen-bond donors (Lipinski definition) is 7. The minimum Gasteiger partial charge on any atom is -0.481 e. The molecule has 4 unspecified atom stereocenters. The zero-order chi connectivity index (χ0) is 26.1. The molecular weight excluding hydrogens is 458 g/mol. The second-order valence-electron chi connectivity index (χ2n) is 8.32. The van der Waals surface area contributed by atoms with Gasteiger partial charge in [0, 0.05) is 23.5 Å². The molecule has 0 radical (unpaired) electrons. The van der Waals surface area contributed by atoms with Gasteiger partial charge in [-0.15, -0.1) is 0 Å². The van der Waals surface area contributed by atoms with E-state index in [1.807, 2.05) is 24.3 Å². The van der Waals surface area contributed by atoms with Gasteiger partial charge >= 0.3 is 11.9 Å². The number of para-hydroxylation sites is 1. The van der Waals surface area contributed by atoms with E-state index >= 15 is 0 Å². The first-order valence-corrected chi connectivity index (χ1v) is 11.2. The van der Waals surface area contributed by atoms with Crippen molar-refractivity contribution in [1.29, 1.82) is 0 Å². The van der Waals surface area contributed by atoms with Crippen molar-refractivity contribution < 1.29 is 34.2 Å². The fourth-order valence-corrected chi connectivity index (χ4v) is 3.49. The summed E-state index contributed by atoms with van der Waals surface area (Å²) in [6, 6.07) is 3.74. The first-order chi connectivity index (χ1) is 16.5. The predicted octanol–water partition coefficient (Wildman–Crippen LogP) is -0.271. The Morgan fingerprint density at radius 1 is 1.06 bits per heavy atom. The number of benzene rings is 1. The zero-order valence-corrected chi connectivity index (χ0v) is 19.5. The summed E-state index contributed by atoms with van der Waals surface area (Å²) >= 11 is 0. The van der Waals surface area contributed by atoms with Crippen LogP contribution in [0.3, 0.4) is 0 Å². The quantitative estimate of drug-likeness (QED) is 0.199. The molecular formula is C23H31N5O7. The van der Waals surface area contributed by atoms with Gasteiger partial charge in [-0.3, -0.25) is 19.2 Å². The molecule has 0 aliphatic rings. The molecule has 12 nitrogen and oxygen atoms in total.